The van der Waals surface area contributed by atoms with Gasteiger partial charge in [-0.15, -0.1) is 0 Å². The fourth-order valence-electron chi connectivity index (χ4n) is 2.19. The van der Waals surface area contributed by atoms with Gasteiger partial charge in [-0.05, 0) is 29.8 Å². The fourth-order valence-corrected chi connectivity index (χ4v) is 2.32. The highest BCUT2D eigenvalue weighted by molar-refractivity contribution is 6.28. The van der Waals surface area contributed by atoms with Gasteiger partial charge in [-0.25, -0.2) is 4.98 Å². The number of para-hydroxylation sites is 1. The molecule has 0 atom stereocenters. The summed E-state index contributed by atoms with van der Waals surface area (Å²) in [6.45, 7) is 0. The zero-order valence-electron chi connectivity index (χ0n) is 11.6. The second kappa shape index (κ2) is 5.18. The van der Waals surface area contributed by atoms with Crippen molar-refractivity contribution in [3.8, 4) is 5.69 Å². The Morgan fingerprint density at radius 2 is 1.95 bits per heavy atom. The zero-order chi connectivity index (χ0) is 15.0. The number of benzene rings is 1. The minimum absolute atomic E-state index is 0.104. The average molecular weight is 301 g/mol. The van der Waals surface area contributed by atoms with E-state index in [-0.39, 0.29) is 11.2 Å². The Morgan fingerprint density at radius 3 is 2.62 bits per heavy atom. The van der Waals surface area contributed by atoms with Crippen LogP contribution in [-0.4, -0.2) is 39.4 Å². The molecule has 0 N–H and O–H groups in total. The van der Waals surface area contributed by atoms with Crippen molar-refractivity contribution in [1.82, 2.24) is 19.4 Å². The van der Waals surface area contributed by atoms with Gasteiger partial charge in [0.25, 0.3) is 5.91 Å². The summed E-state index contributed by atoms with van der Waals surface area (Å²) in [5, 5.41) is 0.926. The summed E-state index contributed by atoms with van der Waals surface area (Å²) in [5.41, 5.74) is 2.00. The fraction of sp³-hybridized carbons (Fsp3) is 0.133. The molecule has 5 nitrogen and oxygen atoms in total. The summed E-state index contributed by atoms with van der Waals surface area (Å²) in [5.74, 6) is -0.104. The van der Waals surface area contributed by atoms with Crippen molar-refractivity contribution in [2.24, 2.45) is 0 Å². The molecule has 21 heavy (non-hydrogen) atoms. The monoisotopic (exact) mass is 300 g/mol. The summed E-state index contributed by atoms with van der Waals surface area (Å²) < 4.78 is 1.80. The van der Waals surface area contributed by atoms with Crippen molar-refractivity contribution < 1.29 is 4.79 Å². The lowest BCUT2D eigenvalue weighted by molar-refractivity contribution is 0.0820. The molecule has 1 amide bonds. The van der Waals surface area contributed by atoms with Gasteiger partial charge in [0.15, 0.2) is 0 Å². The van der Waals surface area contributed by atoms with Gasteiger partial charge in [0.05, 0.1) is 0 Å². The van der Waals surface area contributed by atoms with Crippen LogP contribution in [-0.2, 0) is 0 Å². The number of rotatable bonds is 2. The first kappa shape index (κ1) is 13.6. The lowest BCUT2D eigenvalue weighted by atomic mass is 10.3. The number of carbonyl (C=O) groups excluding carboxylic acids is 1. The quantitative estimate of drug-likeness (QED) is 0.684. The van der Waals surface area contributed by atoms with E-state index in [1.807, 2.05) is 30.3 Å². The number of nitrogens with zero attached hydrogens (tertiary/aromatic N) is 4. The lowest BCUT2D eigenvalue weighted by Gasteiger charge is -2.13. The van der Waals surface area contributed by atoms with Crippen LogP contribution >= 0.6 is 11.6 Å². The van der Waals surface area contributed by atoms with Crippen LogP contribution in [0.5, 0.6) is 0 Å². The molecule has 0 spiro atoms. The third-order valence-corrected chi connectivity index (χ3v) is 3.33. The second-order valence-corrected chi connectivity index (χ2v) is 5.16. The molecule has 2 aromatic heterocycles. The Balaban J connectivity index is 2.35. The van der Waals surface area contributed by atoms with Crippen LogP contribution in [0.2, 0.25) is 5.28 Å². The number of halogens is 1. The first-order chi connectivity index (χ1) is 10.1. The Morgan fingerprint density at radius 1 is 1.24 bits per heavy atom. The van der Waals surface area contributed by atoms with E-state index in [0.717, 1.165) is 11.1 Å². The molecule has 0 aliphatic heterocycles. The first-order valence-corrected chi connectivity index (χ1v) is 6.77. The summed E-state index contributed by atoms with van der Waals surface area (Å²) >= 11 is 5.90. The van der Waals surface area contributed by atoms with Crippen LogP contribution in [0, 0.1) is 0 Å². The van der Waals surface area contributed by atoms with Gasteiger partial charge < -0.3 is 4.90 Å². The Bertz CT molecular complexity index is 811. The van der Waals surface area contributed by atoms with Gasteiger partial charge in [-0.1, -0.05) is 18.2 Å². The Hall–Kier alpha value is -2.40. The third kappa shape index (κ3) is 2.36. The van der Waals surface area contributed by atoms with Crippen molar-refractivity contribution >= 4 is 28.5 Å². The molecular formula is C15H13ClN4O. The molecule has 0 unspecified atom stereocenters. The normalized spacial score (nSPS) is 10.8. The molecule has 0 saturated heterocycles. The molecule has 3 aromatic rings. The van der Waals surface area contributed by atoms with Crippen LogP contribution in [0.1, 0.15) is 10.5 Å². The van der Waals surface area contributed by atoms with Crippen molar-refractivity contribution in [3.63, 3.8) is 0 Å². The predicted octanol–water partition coefficient (Wildman–Crippen LogP) is 2.78. The molecule has 2 heterocycles. The lowest BCUT2D eigenvalue weighted by Crippen LogP contribution is -2.24. The second-order valence-electron chi connectivity index (χ2n) is 4.82. The van der Waals surface area contributed by atoms with E-state index in [2.05, 4.69) is 9.97 Å². The molecule has 0 saturated carbocycles. The number of aromatic nitrogens is 3. The highest BCUT2D eigenvalue weighted by atomic mass is 35.5. The van der Waals surface area contributed by atoms with E-state index < -0.39 is 0 Å². The molecule has 0 fully saturated rings. The maximum Gasteiger partial charge on any atom is 0.270 e. The van der Waals surface area contributed by atoms with Crippen molar-refractivity contribution in [3.05, 3.63) is 53.6 Å². The Labute approximate surface area is 126 Å². The van der Waals surface area contributed by atoms with Gasteiger partial charge in [0, 0.05) is 31.4 Å². The number of carbonyl (C=O) groups is 1. The molecule has 0 radical (unpaired) electrons. The molecule has 6 heteroatoms. The highest BCUT2D eigenvalue weighted by Gasteiger charge is 2.19. The SMILES string of the molecule is CN(C)C(=O)c1cc2cnc(Cl)nc2n1-c1ccccc1. The standard InChI is InChI=1S/C15H13ClN4O/c1-19(2)14(21)12-8-10-9-17-15(16)18-13(10)20(12)11-6-4-3-5-7-11/h3-9H,1-2H3. The van der Waals surface area contributed by atoms with E-state index in [4.69, 9.17) is 11.6 Å². The number of amides is 1. The van der Waals surface area contributed by atoms with Gasteiger partial charge in [-0.2, -0.15) is 4.98 Å². The van der Waals surface area contributed by atoms with Crippen LogP contribution in [0.3, 0.4) is 0 Å². The zero-order valence-corrected chi connectivity index (χ0v) is 12.4. The van der Waals surface area contributed by atoms with E-state index >= 15 is 0 Å². The van der Waals surface area contributed by atoms with E-state index in [1.165, 1.54) is 4.90 Å². The van der Waals surface area contributed by atoms with Gasteiger partial charge >= 0.3 is 0 Å². The van der Waals surface area contributed by atoms with E-state index in [9.17, 15) is 4.79 Å². The van der Waals surface area contributed by atoms with Gasteiger partial charge in [-0.3, -0.25) is 9.36 Å². The van der Waals surface area contributed by atoms with E-state index in [1.54, 1.807) is 30.9 Å². The summed E-state index contributed by atoms with van der Waals surface area (Å²) in [7, 11) is 3.43. The molecule has 3 rings (SSSR count). The van der Waals surface area contributed by atoms with Crippen LogP contribution in [0.25, 0.3) is 16.7 Å². The molecule has 0 bridgehead atoms. The smallest absolute Gasteiger partial charge is 0.270 e. The Kier molecular flexibility index (Phi) is 3.35. The summed E-state index contributed by atoms with van der Waals surface area (Å²) in [6, 6.07) is 11.4. The average Bonchev–Trinajstić information content (AvgIpc) is 2.85. The molecule has 1 aromatic carbocycles. The molecule has 0 aliphatic carbocycles. The first-order valence-electron chi connectivity index (χ1n) is 6.39. The van der Waals surface area contributed by atoms with Crippen LogP contribution in [0.4, 0.5) is 0 Å². The third-order valence-electron chi connectivity index (χ3n) is 3.15. The maximum atomic E-state index is 12.4. The largest absolute Gasteiger partial charge is 0.343 e. The van der Waals surface area contributed by atoms with Crippen LogP contribution in [0.15, 0.2) is 42.6 Å². The van der Waals surface area contributed by atoms with Crippen molar-refractivity contribution in [2.45, 2.75) is 0 Å². The summed E-state index contributed by atoms with van der Waals surface area (Å²) in [4.78, 5) is 22.2. The van der Waals surface area contributed by atoms with Crippen molar-refractivity contribution in [1.29, 1.82) is 0 Å². The minimum atomic E-state index is -0.104. The topological polar surface area (TPSA) is 51.0 Å². The predicted molar refractivity (Wildman–Crippen MR) is 81.9 cm³/mol. The number of fused-ring (bicyclic) bond motifs is 1. The van der Waals surface area contributed by atoms with Gasteiger partial charge in [0.2, 0.25) is 5.28 Å². The van der Waals surface area contributed by atoms with Crippen LogP contribution < -0.4 is 0 Å². The summed E-state index contributed by atoms with van der Waals surface area (Å²) in [6.07, 6.45) is 1.62. The minimum Gasteiger partial charge on any atom is -0.343 e. The van der Waals surface area contributed by atoms with Crippen molar-refractivity contribution in [2.75, 3.05) is 14.1 Å². The van der Waals surface area contributed by atoms with E-state index in [0.29, 0.717) is 11.3 Å². The molecule has 0 aliphatic rings. The number of hydrogen-bond donors (Lipinski definition) is 0. The molecular weight excluding hydrogens is 288 g/mol. The highest BCUT2D eigenvalue weighted by Crippen LogP contribution is 2.24. The number of hydrogen-bond acceptors (Lipinski definition) is 3. The maximum absolute atomic E-state index is 12.4. The molecule has 106 valence electrons. The van der Waals surface area contributed by atoms with Gasteiger partial charge in [0.1, 0.15) is 11.3 Å².